The molecule has 148 valence electrons. The number of aryl methyl sites for hydroxylation is 1. The van der Waals surface area contributed by atoms with E-state index in [4.69, 9.17) is 14.7 Å². The lowest BCUT2D eigenvalue weighted by molar-refractivity contribution is -0.0985. The lowest BCUT2D eigenvalue weighted by Gasteiger charge is -2.37. The van der Waals surface area contributed by atoms with Gasteiger partial charge >= 0.3 is 0 Å². The summed E-state index contributed by atoms with van der Waals surface area (Å²) in [7, 11) is 0. The quantitative estimate of drug-likeness (QED) is 0.750. The predicted octanol–water partition coefficient (Wildman–Crippen LogP) is 2.43. The van der Waals surface area contributed by atoms with Crippen molar-refractivity contribution >= 4 is 17.0 Å². The van der Waals surface area contributed by atoms with E-state index in [2.05, 4.69) is 45.4 Å². The first-order valence-corrected chi connectivity index (χ1v) is 9.91. The number of aromatic amines is 1. The van der Waals surface area contributed by atoms with Crippen LogP contribution in [0.25, 0.3) is 11.2 Å². The van der Waals surface area contributed by atoms with E-state index >= 15 is 0 Å². The van der Waals surface area contributed by atoms with E-state index in [1.165, 1.54) is 0 Å². The van der Waals surface area contributed by atoms with Crippen molar-refractivity contribution in [2.45, 2.75) is 46.1 Å². The molecule has 0 amide bonds. The number of H-pyrrole nitrogens is 1. The van der Waals surface area contributed by atoms with Gasteiger partial charge in [0.1, 0.15) is 11.3 Å². The highest BCUT2D eigenvalue weighted by molar-refractivity contribution is 5.84. The van der Waals surface area contributed by atoms with Gasteiger partial charge in [-0.05, 0) is 39.7 Å². The summed E-state index contributed by atoms with van der Waals surface area (Å²) < 4.78 is 7.71. The van der Waals surface area contributed by atoms with Gasteiger partial charge in [-0.25, -0.2) is 15.0 Å². The van der Waals surface area contributed by atoms with Crippen LogP contribution in [-0.2, 0) is 16.7 Å². The molecule has 5 rings (SSSR count). The normalized spacial score (nSPS) is 18.9. The molecule has 3 aromatic heterocycles. The summed E-state index contributed by atoms with van der Waals surface area (Å²) in [5.41, 5.74) is 4.16. The van der Waals surface area contributed by atoms with Gasteiger partial charge in [0.15, 0.2) is 11.5 Å². The van der Waals surface area contributed by atoms with Crippen LogP contribution >= 0.6 is 0 Å². The van der Waals surface area contributed by atoms with Crippen LogP contribution in [0.1, 0.15) is 44.3 Å². The highest BCUT2D eigenvalue weighted by Gasteiger charge is 2.45. The van der Waals surface area contributed by atoms with Gasteiger partial charge in [-0.15, -0.1) is 0 Å². The maximum Gasteiger partial charge on any atom is 0.183 e. The van der Waals surface area contributed by atoms with E-state index in [0.717, 1.165) is 66.8 Å². The summed E-state index contributed by atoms with van der Waals surface area (Å²) in [5.74, 6) is 1.77. The van der Waals surface area contributed by atoms with Crippen molar-refractivity contribution < 1.29 is 4.74 Å². The molecule has 2 saturated heterocycles. The molecule has 8 nitrogen and oxygen atoms in total. The largest absolute Gasteiger partial charge is 0.380 e. The monoisotopic (exact) mass is 381 g/mol. The molecule has 5 heterocycles. The molecule has 0 saturated carbocycles. The number of aromatic nitrogens is 6. The fourth-order valence-corrected chi connectivity index (χ4v) is 4.21. The van der Waals surface area contributed by atoms with E-state index in [9.17, 15) is 0 Å². The van der Waals surface area contributed by atoms with Crippen LogP contribution in [0.3, 0.4) is 0 Å². The van der Waals surface area contributed by atoms with Gasteiger partial charge in [-0.2, -0.15) is 5.10 Å². The third kappa shape index (κ3) is 2.78. The molecule has 2 aliphatic rings. The maximum atomic E-state index is 5.51. The maximum absolute atomic E-state index is 5.51. The van der Waals surface area contributed by atoms with E-state index in [0.29, 0.717) is 11.8 Å². The molecule has 0 radical (unpaired) electrons. The number of anilines is 1. The molecular weight excluding hydrogens is 354 g/mol. The molecule has 2 aliphatic heterocycles. The third-order valence-corrected chi connectivity index (χ3v) is 5.98. The van der Waals surface area contributed by atoms with Crippen LogP contribution < -0.4 is 4.90 Å². The number of nitrogens with zero attached hydrogens (tertiary/aromatic N) is 6. The Labute approximate surface area is 164 Å². The molecule has 0 aromatic carbocycles. The molecular formula is C20H27N7O. The Balaban J connectivity index is 1.61. The molecule has 2 fully saturated rings. The highest BCUT2D eigenvalue weighted by atomic mass is 16.5. The first kappa shape index (κ1) is 17.6. The third-order valence-electron chi connectivity index (χ3n) is 5.98. The zero-order valence-corrected chi connectivity index (χ0v) is 17.0. The number of ether oxygens (including phenoxy) is 1. The summed E-state index contributed by atoms with van der Waals surface area (Å²) in [6.45, 7) is 12.3. The van der Waals surface area contributed by atoms with Crippen molar-refractivity contribution in [1.29, 1.82) is 0 Å². The Morgan fingerprint density at radius 3 is 2.68 bits per heavy atom. The fraction of sp³-hybridized carbons (Fsp3) is 0.600. The summed E-state index contributed by atoms with van der Waals surface area (Å²) in [5, 5.41) is 7.20. The van der Waals surface area contributed by atoms with Crippen molar-refractivity contribution in [3.8, 4) is 0 Å². The van der Waals surface area contributed by atoms with Crippen molar-refractivity contribution in [2.24, 2.45) is 5.41 Å². The molecule has 0 aliphatic carbocycles. The van der Waals surface area contributed by atoms with Crippen LogP contribution in [0, 0.1) is 12.3 Å². The van der Waals surface area contributed by atoms with Crippen LogP contribution in [0.5, 0.6) is 0 Å². The molecule has 28 heavy (non-hydrogen) atoms. The SMILES string of the molecule is Cc1cn[nH]c1Cc1nc(N2CCC3(COC3)C2)c2c(ncn2C(C)(C)C)n1. The lowest BCUT2D eigenvalue weighted by atomic mass is 9.85. The minimum absolute atomic E-state index is 0.0919. The topological polar surface area (TPSA) is 84.8 Å². The lowest BCUT2D eigenvalue weighted by Crippen LogP contribution is -2.44. The number of hydrogen-bond donors (Lipinski definition) is 1. The van der Waals surface area contributed by atoms with Gasteiger partial charge in [-0.1, -0.05) is 0 Å². The molecule has 1 N–H and O–H groups in total. The van der Waals surface area contributed by atoms with Gasteiger partial charge in [0.05, 0.1) is 25.7 Å². The summed E-state index contributed by atoms with van der Waals surface area (Å²) >= 11 is 0. The average molecular weight is 381 g/mol. The van der Waals surface area contributed by atoms with E-state index in [1.54, 1.807) is 0 Å². The number of fused-ring (bicyclic) bond motifs is 1. The zero-order chi connectivity index (χ0) is 19.5. The summed E-state index contributed by atoms with van der Waals surface area (Å²) in [6.07, 6.45) is 5.51. The Morgan fingerprint density at radius 1 is 1.25 bits per heavy atom. The Bertz CT molecular complexity index is 1030. The fourth-order valence-electron chi connectivity index (χ4n) is 4.21. The Kier molecular flexibility index (Phi) is 3.78. The van der Waals surface area contributed by atoms with Crippen LogP contribution in [0.4, 0.5) is 5.82 Å². The second-order valence-corrected chi connectivity index (χ2v) is 9.29. The van der Waals surface area contributed by atoms with Crippen LogP contribution in [-0.4, -0.2) is 56.0 Å². The van der Waals surface area contributed by atoms with Gasteiger partial charge in [0.25, 0.3) is 0 Å². The van der Waals surface area contributed by atoms with Gasteiger partial charge < -0.3 is 14.2 Å². The minimum atomic E-state index is -0.0919. The molecule has 0 atom stereocenters. The summed E-state index contributed by atoms with van der Waals surface area (Å²) in [6, 6.07) is 0. The second kappa shape index (κ2) is 6.01. The predicted molar refractivity (Wildman–Crippen MR) is 107 cm³/mol. The Morgan fingerprint density at radius 2 is 2.07 bits per heavy atom. The van der Waals surface area contributed by atoms with Crippen molar-refractivity contribution in [3.05, 3.63) is 29.6 Å². The zero-order valence-electron chi connectivity index (χ0n) is 17.0. The minimum Gasteiger partial charge on any atom is -0.380 e. The number of imidazole rings is 1. The number of nitrogens with one attached hydrogen (secondary N) is 1. The molecule has 3 aromatic rings. The number of rotatable bonds is 3. The van der Waals surface area contributed by atoms with Gasteiger partial charge in [0.2, 0.25) is 0 Å². The van der Waals surface area contributed by atoms with Gasteiger partial charge in [0, 0.05) is 36.2 Å². The van der Waals surface area contributed by atoms with Crippen molar-refractivity contribution in [1.82, 2.24) is 29.7 Å². The van der Waals surface area contributed by atoms with E-state index in [-0.39, 0.29) is 5.54 Å². The standard InChI is InChI=1S/C20H27N7O/c1-13-8-22-25-14(13)7-15-23-17-16(27(12-21-17)19(2,3)4)18(24-15)26-6-5-20(9-26)10-28-11-20/h8,12H,5-7,9-11H2,1-4H3,(H,22,25). The Hall–Kier alpha value is -2.48. The summed E-state index contributed by atoms with van der Waals surface area (Å²) in [4.78, 5) is 16.9. The van der Waals surface area contributed by atoms with E-state index in [1.807, 2.05) is 19.4 Å². The smallest absolute Gasteiger partial charge is 0.183 e. The highest BCUT2D eigenvalue weighted by Crippen LogP contribution is 2.41. The first-order chi connectivity index (χ1) is 13.3. The van der Waals surface area contributed by atoms with E-state index < -0.39 is 0 Å². The van der Waals surface area contributed by atoms with Crippen molar-refractivity contribution in [2.75, 3.05) is 31.2 Å². The molecule has 0 unspecified atom stereocenters. The first-order valence-electron chi connectivity index (χ1n) is 9.91. The number of hydrogen-bond acceptors (Lipinski definition) is 6. The van der Waals surface area contributed by atoms with Crippen LogP contribution in [0.2, 0.25) is 0 Å². The molecule has 8 heteroatoms. The van der Waals surface area contributed by atoms with Crippen LogP contribution in [0.15, 0.2) is 12.5 Å². The second-order valence-electron chi connectivity index (χ2n) is 9.29. The average Bonchev–Trinajstić information content (AvgIpc) is 3.31. The molecule has 1 spiro atoms. The van der Waals surface area contributed by atoms with Crippen molar-refractivity contribution in [3.63, 3.8) is 0 Å². The van der Waals surface area contributed by atoms with Gasteiger partial charge in [-0.3, -0.25) is 5.10 Å². The molecule has 0 bridgehead atoms.